The molecule has 30 heavy (non-hydrogen) atoms. The maximum Gasteiger partial charge on any atom is 0.416 e. The van der Waals surface area contributed by atoms with E-state index in [4.69, 9.17) is 16.0 Å². The summed E-state index contributed by atoms with van der Waals surface area (Å²) in [6.07, 6.45) is -4.71. The van der Waals surface area contributed by atoms with Gasteiger partial charge in [-0.2, -0.15) is 17.5 Å². The minimum Gasteiger partial charge on any atom is -0.419 e. The fourth-order valence-electron chi connectivity index (χ4n) is 2.70. The monoisotopic (exact) mass is 459 g/mol. The molecular formula is C19H17ClF3N3O3S. The van der Waals surface area contributed by atoms with Crippen molar-refractivity contribution in [3.05, 3.63) is 65.0 Å². The van der Waals surface area contributed by atoms with E-state index in [2.05, 4.69) is 10.2 Å². The minimum atomic E-state index is -4.71. The van der Waals surface area contributed by atoms with Crippen molar-refractivity contribution in [2.45, 2.75) is 37.5 Å². The van der Waals surface area contributed by atoms with Gasteiger partial charge in [0, 0.05) is 11.6 Å². The van der Waals surface area contributed by atoms with Crippen LogP contribution in [0.2, 0.25) is 5.02 Å². The highest BCUT2D eigenvalue weighted by Crippen LogP contribution is 2.35. The number of aromatic nitrogens is 2. The average Bonchev–Trinajstić information content (AvgIpc) is 3.14. The van der Waals surface area contributed by atoms with Crippen LogP contribution in [0.15, 0.2) is 57.8 Å². The molecule has 160 valence electrons. The molecule has 0 saturated carbocycles. The maximum atomic E-state index is 13.1. The molecule has 0 radical (unpaired) electrons. The van der Waals surface area contributed by atoms with Crippen molar-refractivity contribution in [3.63, 3.8) is 0 Å². The molecule has 0 N–H and O–H groups in total. The Bertz CT molecular complexity index is 1130. The quantitative estimate of drug-likeness (QED) is 0.518. The van der Waals surface area contributed by atoms with E-state index >= 15 is 0 Å². The van der Waals surface area contributed by atoms with Crippen molar-refractivity contribution >= 4 is 21.6 Å². The van der Waals surface area contributed by atoms with Crippen molar-refractivity contribution < 1.29 is 26.0 Å². The Morgan fingerprint density at radius 1 is 1.10 bits per heavy atom. The molecule has 0 aliphatic heterocycles. The fourth-order valence-corrected chi connectivity index (χ4v) is 4.79. The number of alkyl halides is 3. The van der Waals surface area contributed by atoms with E-state index in [0.29, 0.717) is 11.6 Å². The first kappa shape index (κ1) is 22.3. The third kappa shape index (κ3) is 4.66. The molecule has 0 unspecified atom stereocenters. The number of hydrogen-bond donors (Lipinski definition) is 0. The Morgan fingerprint density at radius 2 is 1.77 bits per heavy atom. The van der Waals surface area contributed by atoms with Gasteiger partial charge in [-0.05, 0) is 44.2 Å². The number of hydrogen-bond acceptors (Lipinski definition) is 5. The molecule has 0 aliphatic rings. The zero-order chi connectivity index (χ0) is 22.1. The lowest BCUT2D eigenvalue weighted by atomic mass is 10.2. The number of sulfonamides is 1. The molecule has 0 amide bonds. The summed E-state index contributed by atoms with van der Waals surface area (Å²) < 4.78 is 72.0. The van der Waals surface area contributed by atoms with Crippen LogP contribution in [0, 0.1) is 0 Å². The summed E-state index contributed by atoms with van der Waals surface area (Å²) in [7, 11) is -4.39. The predicted octanol–water partition coefficient (Wildman–Crippen LogP) is 5.01. The first-order valence-corrected chi connectivity index (χ1v) is 10.6. The second kappa shape index (κ2) is 8.37. The normalized spacial score (nSPS) is 12.7. The Labute approximate surface area is 176 Å². The average molecular weight is 460 g/mol. The van der Waals surface area contributed by atoms with Gasteiger partial charge in [-0.1, -0.05) is 29.8 Å². The molecule has 0 atom stereocenters. The van der Waals surface area contributed by atoms with Gasteiger partial charge < -0.3 is 4.42 Å². The fraction of sp³-hybridized carbons (Fsp3) is 0.263. The molecule has 3 aromatic rings. The van der Waals surface area contributed by atoms with Crippen molar-refractivity contribution in [3.8, 4) is 11.5 Å². The van der Waals surface area contributed by atoms with Crippen LogP contribution >= 0.6 is 11.6 Å². The van der Waals surface area contributed by atoms with Crippen molar-refractivity contribution in [2.75, 3.05) is 0 Å². The summed E-state index contributed by atoms with van der Waals surface area (Å²) in [6.45, 7) is 2.83. The summed E-state index contributed by atoms with van der Waals surface area (Å²) in [5, 5.41) is 7.45. The molecular weight excluding hydrogens is 443 g/mol. The lowest BCUT2D eigenvalue weighted by Gasteiger charge is -2.25. The zero-order valence-electron chi connectivity index (χ0n) is 15.9. The van der Waals surface area contributed by atoms with Crippen molar-refractivity contribution in [1.29, 1.82) is 0 Å². The van der Waals surface area contributed by atoms with Gasteiger partial charge in [-0.25, -0.2) is 8.42 Å². The van der Waals surface area contributed by atoms with Crippen LogP contribution in [0.25, 0.3) is 11.5 Å². The Balaban J connectivity index is 1.96. The SMILES string of the molecule is CC(C)N(Cc1nnc(-c2ccccc2)o1)S(=O)(=O)c1cc(C(F)(F)F)ccc1Cl. The first-order valence-electron chi connectivity index (χ1n) is 8.76. The molecule has 6 nitrogen and oxygen atoms in total. The number of nitrogens with zero attached hydrogens (tertiary/aromatic N) is 3. The summed E-state index contributed by atoms with van der Waals surface area (Å²) in [6, 6.07) is 10.4. The van der Waals surface area contributed by atoms with Gasteiger partial charge in [0.15, 0.2) is 0 Å². The van der Waals surface area contributed by atoms with Crippen molar-refractivity contribution in [2.24, 2.45) is 0 Å². The molecule has 1 aromatic heterocycles. The van der Waals surface area contributed by atoms with Crippen LogP contribution in [0.4, 0.5) is 13.2 Å². The van der Waals surface area contributed by atoms with Crippen LogP contribution in [0.5, 0.6) is 0 Å². The summed E-state index contributed by atoms with van der Waals surface area (Å²) in [5.41, 5.74) is -0.463. The third-order valence-corrected chi connectivity index (χ3v) is 6.70. The summed E-state index contributed by atoms with van der Waals surface area (Å²) in [4.78, 5) is -0.643. The smallest absolute Gasteiger partial charge is 0.416 e. The molecule has 1 heterocycles. The van der Waals surface area contributed by atoms with Crippen LogP contribution < -0.4 is 0 Å². The van der Waals surface area contributed by atoms with Gasteiger partial charge in [0.25, 0.3) is 0 Å². The largest absolute Gasteiger partial charge is 0.419 e. The molecule has 11 heteroatoms. The second-order valence-corrected chi connectivity index (χ2v) is 8.92. The van der Waals surface area contributed by atoms with Gasteiger partial charge in [0.1, 0.15) is 4.90 Å². The molecule has 0 saturated heterocycles. The van der Waals surface area contributed by atoms with E-state index in [9.17, 15) is 21.6 Å². The van der Waals surface area contributed by atoms with E-state index in [1.165, 1.54) is 0 Å². The van der Waals surface area contributed by atoms with E-state index in [0.717, 1.165) is 16.4 Å². The highest BCUT2D eigenvalue weighted by molar-refractivity contribution is 7.89. The van der Waals surface area contributed by atoms with Crippen LogP contribution in [0.3, 0.4) is 0 Å². The first-order chi connectivity index (χ1) is 14.0. The van der Waals surface area contributed by atoms with E-state index in [1.807, 2.05) is 6.07 Å². The summed E-state index contributed by atoms with van der Waals surface area (Å²) >= 11 is 5.94. The predicted molar refractivity (Wildman–Crippen MR) is 104 cm³/mol. The van der Waals surface area contributed by atoms with Crippen LogP contribution in [-0.2, 0) is 22.7 Å². The molecule has 0 aliphatic carbocycles. The highest BCUT2D eigenvalue weighted by atomic mass is 35.5. The maximum absolute atomic E-state index is 13.1. The number of rotatable bonds is 6. The van der Waals surface area contributed by atoms with Crippen LogP contribution in [-0.4, -0.2) is 29.0 Å². The Hall–Kier alpha value is -2.43. The van der Waals surface area contributed by atoms with Gasteiger partial charge >= 0.3 is 6.18 Å². The zero-order valence-corrected chi connectivity index (χ0v) is 17.5. The number of benzene rings is 2. The lowest BCUT2D eigenvalue weighted by molar-refractivity contribution is -0.137. The van der Waals surface area contributed by atoms with Crippen molar-refractivity contribution in [1.82, 2.24) is 14.5 Å². The highest BCUT2D eigenvalue weighted by Gasteiger charge is 2.35. The summed E-state index contributed by atoms with van der Waals surface area (Å²) in [5.74, 6) is 0.193. The molecule has 2 aromatic carbocycles. The molecule has 3 rings (SSSR count). The molecule has 0 fully saturated rings. The van der Waals surface area contributed by atoms with Gasteiger partial charge in [-0.15, -0.1) is 10.2 Å². The van der Waals surface area contributed by atoms with Gasteiger partial charge in [0.05, 0.1) is 17.1 Å². The van der Waals surface area contributed by atoms with Gasteiger partial charge in [-0.3, -0.25) is 0 Å². The Morgan fingerprint density at radius 3 is 2.37 bits per heavy atom. The van der Waals surface area contributed by atoms with Crippen LogP contribution in [0.1, 0.15) is 25.3 Å². The standard InChI is InChI=1S/C19H17ClF3N3O3S/c1-12(2)26(11-17-24-25-18(29-17)13-6-4-3-5-7-13)30(27,28)16-10-14(19(21,22)23)8-9-15(16)20/h3-10,12H,11H2,1-2H3. The van der Waals surface area contributed by atoms with E-state index in [-0.39, 0.29) is 23.3 Å². The lowest BCUT2D eigenvalue weighted by Crippen LogP contribution is -2.36. The van der Waals surface area contributed by atoms with Gasteiger partial charge in [0.2, 0.25) is 21.8 Å². The molecule has 0 spiro atoms. The minimum absolute atomic E-state index is 0.00535. The third-order valence-electron chi connectivity index (χ3n) is 4.20. The molecule has 0 bridgehead atoms. The number of halogens is 4. The topological polar surface area (TPSA) is 76.3 Å². The Kier molecular flexibility index (Phi) is 6.21. The van der Waals surface area contributed by atoms with E-state index < -0.39 is 32.7 Å². The second-order valence-electron chi connectivity index (χ2n) is 6.65. The van der Waals surface area contributed by atoms with E-state index in [1.54, 1.807) is 38.1 Å².